The van der Waals surface area contributed by atoms with Crippen LogP contribution in [0.15, 0.2) is 23.8 Å². The molecule has 2 aliphatic heterocycles. The lowest BCUT2D eigenvalue weighted by atomic mass is 9.68. The fourth-order valence-electron chi connectivity index (χ4n) is 5.42. The van der Waals surface area contributed by atoms with E-state index in [1.165, 1.54) is 24.0 Å². The zero-order valence-electron chi connectivity index (χ0n) is 19.1. The molecule has 30 heavy (non-hydrogen) atoms. The first-order chi connectivity index (χ1) is 14.4. The van der Waals surface area contributed by atoms with Crippen molar-refractivity contribution < 1.29 is 14.3 Å². The zero-order valence-corrected chi connectivity index (χ0v) is 19.1. The predicted octanol–water partition coefficient (Wildman–Crippen LogP) is 5.55. The number of hydrogen-bond donors (Lipinski definition) is 1. The van der Waals surface area contributed by atoms with E-state index in [2.05, 4.69) is 51.2 Å². The average Bonchev–Trinajstić information content (AvgIpc) is 3.22. The van der Waals surface area contributed by atoms with Crippen LogP contribution < -0.4 is 14.8 Å². The number of ether oxygens (including phenoxy) is 2. The second-order valence-electron chi connectivity index (χ2n) is 9.96. The number of benzene rings is 1. The van der Waals surface area contributed by atoms with E-state index in [-0.39, 0.29) is 23.4 Å². The molecule has 4 nitrogen and oxygen atoms in total. The van der Waals surface area contributed by atoms with Crippen LogP contribution in [0.3, 0.4) is 0 Å². The summed E-state index contributed by atoms with van der Waals surface area (Å²) < 4.78 is 12.7. The maximum atomic E-state index is 12.9. The molecule has 4 heteroatoms. The first kappa shape index (κ1) is 21.4. The molecule has 4 rings (SSSR count). The number of carbonyl (C=O) groups is 1. The van der Waals surface area contributed by atoms with Crippen molar-refractivity contribution >= 4 is 5.97 Å². The number of fused-ring (bicyclic) bond motifs is 3. The van der Waals surface area contributed by atoms with Crippen LogP contribution in [0.4, 0.5) is 0 Å². The molecule has 0 amide bonds. The van der Waals surface area contributed by atoms with E-state index in [1.54, 1.807) is 0 Å². The zero-order chi connectivity index (χ0) is 21.3. The third-order valence-electron chi connectivity index (χ3n) is 7.18. The Morgan fingerprint density at radius 3 is 2.83 bits per heavy atom. The third kappa shape index (κ3) is 4.30. The molecule has 1 unspecified atom stereocenters. The minimum absolute atomic E-state index is 0.0511. The van der Waals surface area contributed by atoms with Crippen LogP contribution in [0.25, 0.3) is 0 Å². The lowest BCUT2D eigenvalue weighted by Crippen LogP contribution is -2.45. The molecule has 3 atom stereocenters. The first-order valence-corrected chi connectivity index (χ1v) is 11.8. The van der Waals surface area contributed by atoms with E-state index in [0.29, 0.717) is 12.5 Å². The van der Waals surface area contributed by atoms with Gasteiger partial charge in [-0.3, -0.25) is 4.79 Å². The van der Waals surface area contributed by atoms with Gasteiger partial charge in [0.25, 0.3) is 0 Å². The van der Waals surface area contributed by atoms with Gasteiger partial charge in [-0.2, -0.15) is 0 Å². The second kappa shape index (κ2) is 8.74. The molecule has 0 aromatic heterocycles. The van der Waals surface area contributed by atoms with Gasteiger partial charge < -0.3 is 14.8 Å². The standard InChI is InChI=1S/C26H37NO3/c1-5-6-7-8-18-14-22(29-25(28)19-11-12-27-16-19)24-20-13-17(2)9-10-21(20)26(3,4)30-23(24)15-18/h13-15,19-21,27H,5-12,16H2,1-4H3/t19?,20-,21-/m1/s1. The summed E-state index contributed by atoms with van der Waals surface area (Å²) in [6, 6.07) is 4.32. The average molecular weight is 412 g/mol. The summed E-state index contributed by atoms with van der Waals surface area (Å²) in [5.74, 6) is 2.12. The molecule has 1 N–H and O–H groups in total. The molecule has 1 aromatic carbocycles. The van der Waals surface area contributed by atoms with E-state index >= 15 is 0 Å². The highest BCUT2D eigenvalue weighted by atomic mass is 16.5. The van der Waals surface area contributed by atoms with E-state index in [0.717, 1.165) is 55.7 Å². The van der Waals surface area contributed by atoms with Gasteiger partial charge in [0.15, 0.2) is 0 Å². The van der Waals surface area contributed by atoms with Crippen molar-refractivity contribution in [2.24, 2.45) is 11.8 Å². The number of rotatable bonds is 6. The summed E-state index contributed by atoms with van der Waals surface area (Å²) in [6.07, 6.45) is 10.00. The molecule has 3 aliphatic rings. The minimum Gasteiger partial charge on any atom is -0.487 e. The Morgan fingerprint density at radius 1 is 1.27 bits per heavy atom. The van der Waals surface area contributed by atoms with Gasteiger partial charge in [-0.05, 0) is 77.1 Å². The molecule has 0 saturated carbocycles. The summed E-state index contributed by atoms with van der Waals surface area (Å²) in [5, 5.41) is 3.27. The van der Waals surface area contributed by atoms with Crippen LogP contribution in [0.5, 0.6) is 11.5 Å². The SMILES string of the molecule is CCCCCc1cc(OC(=O)C2CCNC2)c2c(c1)OC(C)(C)[C@@H]1CCC(C)=C[C@@H]21. The maximum Gasteiger partial charge on any atom is 0.315 e. The summed E-state index contributed by atoms with van der Waals surface area (Å²) in [5.41, 5.74) is 3.48. The number of aryl methyl sites for hydroxylation is 1. The van der Waals surface area contributed by atoms with E-state index < -0.39 is 0 Å². The molecule has 1 fully saturated rings. The van der Waals surface area contributed by atoms with Crippen molar-refractivity contribution in [3.63, 3.8) is 0 Å². The predicted molar refractivity (Wildman–Crippen MR) is 120 cm³/mol. The topological polar surface area (TPSA) is 47.6 Å². The minimum atomic E-state index is -0.229. The first-order valence-electron chi connectivity index (χ1n) is 11.8. The Bertz CT molecular complexity index is 820. The maximum absolute atomic E-state index is 12.9. The Hall–Kier alpha value is -1.81. The van der Waals surface area contributed by atoms with Gasteiger partial charge in [0.1, 0.15) is 17.1 Å². The van der Waals surface area contributed by atoms with Crippen LogP contribution in [-0.2, 0) is 11.2 Å². The van der Waals surface area contributed by atoms with Crippen LogP contribution in [0.2, 0.25) is 0 Å². The van der Waals surface area contributed by atoms with Crippen LogP contribution >= 0.6 is 0 Å². The van der Waals surface area contributed by atoms with Gasteiger partial charge in [-0.25, -0.2) is 0 Å². The molecule has 1 aromatic rings. The van der Waals surface area contributed by atoms with Crippen molar-refractivity contribution in [1.29, 1.82) is 0 Å². The lowest BCUT2D eigenvalue weighted by molar-refractivity contribution is -0.138. The van der Waals surface area contributed by atoms with Gasteiger partial charge in [0.05, 0.1) is 5.92 Å². The Balaban J connectivity index is 1.74. The summed E-state index contributed by atoms with van der Waals surface area (Å²) in [4.78, 5) is 12.9. The number of carbonyl (C=O) groups excluding carboxylic acids is 1. The van der Waals surface area contributed by atoms with Crippen LogP contribution in [0.1, 0.15) is 83.3 Å². The van der Waals surface area contributed by atoms with Gasteiger partial charge in [0.2, 0.25) is 0 Å². The quantitative estimate of drug-likeness (QED) is 0.289. The van der Waals surface area contributed by atoms with E-state index in [9.17, 15) is 4.79 Å². The Labute approximate surface area is 181 Å². The highest BCUT2D eigenvalue weighted by molar-refractivity contribution is 5.77. The number of allylic oxidation sites excluding steroid dienone is 2. The molecule has 0 spiro atoms. The van der Waals surface area contributed by atoms with Crippen molar-refractivity contribution in [3.05, 3.63) is 34.9 Å². The lowest BCUT2D eigenvalue weighted by Gasteiger charge is -2.46. The van der Waals surface area contributed by atoms with E-state index in [1.807, 2.05) is 0 Å². The number of hydrogen-bond acceptors (Lipinski definition) is 4. The molecule has 2 heterocycles. The highest BCUT2D eigenvalue weighted by Gasteiger charge is 2.45. The van der Waals surface area contributed by atoms with Crippen molar-refractivity contribution in [1.82, 2.24) is 5.32 Å². The molecule has 1 aliphatic carbocycles. The Morgan fingerprint density at radius 2 is 2.10 bits per heavy atom. The van der Waals surface area contributed by atoms with Gasteiger partial charge >= 0.3 is 5.97 Å². The van der Waals surface area contributed by atoms with Crippen LogP contribution in [0, 0.1) is 11.8 Å². The molecule has 1 saturated heterocycles. The summed E-state index contributed by atoms with van der Waals surface area (Å²) in [6.45, 7) is 10.5. The van der Waals surface area contributed by atoms with Gasteiger partial charge in [0, 0.05) is 23.9 Å². The van der Waals surface area contributed by atoms with Gasteiger partial charge in [-0.1, -0.05) is 31.4 Å². The fourth-order valence-corrected chi connectivity index (χ4v) is 5.42. The highest BCUT2D eigenvalue weighted by Crippen LogP contribution is 2.53. The second-order valence-corrected chi connectivity index (χ2v) is 9.96. The fraction of sp³-hybridized carbons (Fsp3) is 0.654. The largest absolute Gasteiger partial charge is 0.487 e. The molecular formula is C26H37NO3. The number of unbranched alkanes of at least 4 members (excludes halogenated alkanes) is 2. The summed E-state index contributed by atoms with van der Waals surface area (Å²) in [7, 11) is 0. The third-order valence-corrected chi connectivity index (χ3v) is 7.18. The van der Waals surface area contributed by atoms with Crippen LogP contribution in [-0.4, -0.2) is 24.7 Å². The van der Waals surface area contributed by atoms with Crippen molar-refractivity contribution in [3.8, 4) is 11.5 Å². The smallest absolute Gasteiger partial charge is 0.315 e. The van der Waals surface area contributed by atoms with Crippen molar-refractivity contribution in [2.75, 3.05) is 13.1 Å². The molecular weight excluding hydrogens is 374 g/mol. The summed E-state index contributed by atoms with van der Waals surface area (Å²) >= 11 is 0. The number of esters is 1. The molecule has 0 bridgehead atoms. The van der Waals surface area contributed by atoms with Gasteiger partial charge in [-0.15, -0.1) is 0 Å². The normalized spacial score (nSPS) is 26.9. The molecule has 164 valence electrons. The molecule has 0 radical (unpaired) electrons. The Kier molecular flexibility index (Phi) is 6.24. The number of nitrogens with one attached hydrogen (secondary N) is 1. The van der Waals surface area contributed by atoms with E-state index in [4.69, 9.17) is 9.47 Å². The monoisotopic (exact) mass is 411 g/mol. The van der Waals surface area contributed by atoms with Crippen molar-refractivity contribution in [2.45, 2.75) is 84.2 Å².